The maximum atomic E-state index is 14.2. The fourth-order valence-electron chi connectivity index (χ4n) is 2.40. The first-order valence-electron chi connectivity index (χ1n) is 7.06. The normalized spacial score (nSPS) is 21.3. The summed E-state index contributed by atoms with van der Waals surface area (Å²) in [6.07, 6.45) is -1.68. The van der Waals surface area contributed by atoms with Gasteiger partial charge >= 0.3 is 6.09 Å². The summed E-state index contributed by atoms with van der Waals surface area (Å²) in [5.41, 5.74) is 3.41. The summed E-state index contributed by atoms with van der Waals surface area (Å²) in [7, 11) is 2.82. The molecule has 1 N–H and O–H groups in total. The molecule has 0 bridgehead atoms. The SMILES string of the molecule is COC1(OC)CCN(NC(=O)OCc2ccccc2)CC1F. The fraction of sp³-hybridized carbons (Fsp3) is 0.533. The molecule has 1 heterocycles. The first-order valence-corrected chi connectivity index (χ1v) is 7.06. The lowest BCUT2D eigenvalue weighted by atomic mass is 10.0. The molecular formula is C15H21FN2O4. The molecule has 2 rings (SSSR count). The monoisotopic (exact) mass is 312 g/mol. The Labute approximate surface area is 129 Å². The van der Waals surface area contributed by atoms with Crippen LogP contribution in [0.25, 0.3) is 0 Å². The van der Waals surface area contributed by atoms with Crippen molar-refractivity contribution in [1.82, 2.24) is 10.4 Å². The number of hydrogen-bond donors (Lipinski definition) is 1. The summed E-state index contributed by atoms with van der Waals surface area (Å²) in [4.78, 5) is 11.7. The number of hydrazine groups is 1. The molecule has 0 saturated carbocycles. The lowest BCUT2D eigenvalue weighted by molar-refractivity contribution is -0.264. The van der Waals surface area contributed by atoms with E-state index < -0.39 is 18.1 Å². The second-order valence-corrected chi connectivity index (χ2v) is 5.06. The van der Waals surface area contributed by atoms with Gasteiger partial charge in [0.15, 0.2) is 6.17 Å². The number of hydrogen-bond acceptors (Lipinski definition) is 5. The van der Waals surface area contributed by atoms with E-state index in [9.17, 15) is 9.18 Å². The number of nitrogens with one attached hydrogen (secondary N) is 1. The lowest BCUT2D eigenvalue weighted by Crippen LogP contribution is -2.59. The highest BCUT2D eigenvalue weighted by molar-refractivity contribution is 5.66. The summed E-state index contributed by atoms with van der Waals surface area (Å²) in [6, 6.07) is 9.33. The molecule has 122 valence electrons. The molecule has 7 heteroatoms. The van der Waals surface area contributed by atoms with Crippen LogP contribution in [0.3, 0.4) is 0 Å². The van der Waals surface area contributed by atoms with Crippen LogP contribution in [0.15, 0.2) is 30.3 Å². The van der Waals surface area contributed by atoms with Gasteiger partial charge in [0.2, 0.25) is 5.79 Å². The van der Waals surface area contributed by atoms with E-state index in [1.54, 1.807) is 0 Å². The number of rotatable bonds is 5. The number of nitrogens with zero attached hydrogens (tertiary/aromatic N) is 1. The highest BCUT2D eigenvalue weighted by Gasteiger charge is 2.45. The number of methoxy groups -OCH3 is 2. The van der Waals surface area contributed by atoms with Crippen LogP contribution in [0.4, 0.5) is 9.18 Å². The summed E-state index contributed by atoms with van der Waals surface area (Å²) in [6.45, 7) is 0.546. The van der Waals surface area contributed by atoms with E-state index in [4.69, 9.17) is 14.2 Å². The van der Waals surface area contributed by atoms with Gasteiger partial charge in [0.1, 0.15) is 6.61 Å². The van der Waals surface area contributed by atoms with Crippen molar-refractivity contribution in [1.29, 1.82) is 0 Å². The van der Waals surface area contributed by atoms with Gasteiger partial charge in [-0.05, 0) is 5.56 Å². The van der Waals surface area contributed by atoms with Crippen LogP contribution in [0, 0.1) is 0 Å². The quantitative estimate of drug-likeness (QED) is 0.841. The van der Waals surface area contributed by atoms with Gasteiger partial charge in [-0.3, -0.25) is 5.43 Å². The molecule has 0 aromatic heterocycles. The molecular weight excluding hydrogens is 291 g/mol. The largest absolute Gasteiger partial charge is 0.444 e. The second kappa shape index (κ2) is 7.53. The van der Waals surface area contributed by atoms with Gasteiger partial charge in [-0.25, -0.2) is 14.2 Å². The van der Waals surface area contributed by atoms with Crippen LogP contribution in [-0.4, -0.2) is 50.4 Å². The van der Waals surface area contributed by atoms with Crippen LogP contribution < -0.4 is 5.43 Å². The third kappa shape index (κ3) is 3.94. The van der Waals surface area contributed by atoms with Crippen molar-refractivity contribution in [3.05, 3.63) is 35.9 Å². The fourth-order valence-corrected chi connectivity index (χ4v) is 2.40. The second-order valence-electron chi connectivity index (χ2n) is 5.06. The number of halogens is 1. The third-order valence-electron chi connectivity index (χ3n) is 3.74. The van der Waals surface area contributed by atoms with E-state index in [2.05, 4.69) is 5.43 Å². The van der Waals surface area contributed by atoms with Crippen molar-refractivity contribution in [3.63, 3.8) is 0 Å². The highest BCUT2D eigenvalue weighted by atomic mass is 19.1. The lowest BCUT2D eigenvalue weighted by Gasteiger charge is -2.41. The topological polar surface area (TPSA) is 60.0 Å². The molecule has 1 aromatic carbocycles. The smallest absolute Gasteiger partial charge is 0.422 e. The average Bonchev–Trinajstić information content (AvgIpc) is 2.55. The molecule has 0 radical (unpaired) electrons. The van der Waals surface area contributed by atoms with Gasteiger partial charge in [-0.15, -0.1) is 0 Å². The van der Waals surface area contributed by atoms with Gasteiger partial charge in [-0.1, -0.05) is 30.3 Å². The van der Waals surface area contributed by atoms with Gasteiger partial charge in [0, 0.05) is 27.2 Å². The summed E-state index contributed by atoms with van der Waals surface area (Å²) >= 11 is 0. The Morgan fingerprint density at radius 2 is 2.05 bits per heavy atom. The number of alkyl halides is 1. The van der Waals surface area contributed by atoms with E-state index in [1.807, 2.05) is 30.3 Å². The minimum atomic E-state index is -1.37. The summed E-state index contributed by atoms with van der Waals surface area (Å²) in [5, 5.41) is 1.47. The standard InChI is InChI=1S/C15H21FN2O4/c1-20-15(21-2)8-9-18(10-13(15)16)17-14(19)22-11-12-6-4-3-5-7-12/h3-7,13H,8-11H2,1-2H3,(H,17,19). The van der Waals surface area contributed by atoms with Gasteiger partial charge in [0.05, 0.1) is 6.54 Å². The predicted molar refractivity (Wildman–Crippen MR) is 77.6 cm³/mol. The molecule has 1 aromatic rings. The number of piperidine rings is 1. The molecule has 6 nitrogen and oxygen atoms in total. The van der Waals surface area contributed by atoms with Crippen LogP contribution in [0.5, 0.6) is 0 Å². The zero-order valence-corrected chi connectivity index (χ0v) is 12.8. The molecule has 1 aliphatic rings. The first-order chi connectivity index (χ1) is 10.6. The van der Waals surface area contributed by atoms with Crippen molar-refractivity contribution in [3.8, 4) is 0 Å². The first kappa shape index (κ1) is 16.7. The highest BCUT2D eigenvalue weighted by Crippen LogP contribution is 2.28. The molecule has 22 heavy (non-hydrogen) atoms. The third-order valence-corrected chi connectivity index (χ3v) is 3.74. The number of amides is 1. The van der Waals surface area contributed by atoms with Crippen LogP contribution >= 0.6 is 0 Å². The molecule has 1 unspecified atom stereocenters. The Bertz CT molecular complexity index is 482. The van der Waals surface area contributed by atoms with Crippen molar-refractivity contribution < 1.29 is 23.4 Å². The predicted octanol–water partition coefficient (Wildman–Crippen LogP) is 1.86. The maximum Gasteiger partial charge on any atom is 0.422 e. The van der Waals surface area contributed by atoms with Crippen molar-refractivity contribution in [2.75, 3.05) is 27.3 Å². The molecule has 1 aliphatic heterocycles. The molecule has 1 saturated heterocycles. The Kier molecular flexibility index (Phi) is 5.70. The van der Waals surface area contributed by atoms with E-state index >= 15 is 0 Å². The molecule has 1 amide bonds. The Morgan fingerprint density at radius 1 is 1.36 bits per heavy atom. The number of ether oxygens (including phenoxy) is 3. The number of benzene rings is 1. The van der Waals surface area contributed by atoms with Gasteiger partial charge < -0.3 is 14.2 Å². The van der Waals surface area contributed by atoms with Crippen molar-refractivity contribution in [2.24, 2.45) is 0 Å². The Balaban J connectivity index is 1.79. The van der Waals surface area contributed by atoms with Crippen LogP contribution in [0.1, 0.15) is 12.0 Å². The Morgan fingerprint density at radius 3 is 2.64 bits per heavy atom. The minimum Gasteiger partial charge on any atom is -0.444 e. The molecule has 1 fully saturated rings. The van der Waals surface area contributed by atoms with Crippen LogP contribution in [0.2, 0.25) is 0 Å². The van der Waals surface area contributed by atoms with Crippen molar-refractivity contribution >= 4 is 6.09 Å². The summed E-state index contributed by atoms with van der Waals surface area (Å²) < 4.78 is 29.5. The van der Waals surface area contributed by atoms with Crippen molar-refractivity contribution in [2.45, 2.75) is 25.0 Å². The van der Waals surface area contributed by atoms with Gasteiger partial charge in [-0.2, -0.15) is 0 Å². The maximum absolute atomic E-state index is 14.2. The number of carbonyl (C=O) groups is 1. The van der Waals surface area contributed by atoms with Gasteiger partial charge in [0.25, 0.3) is 0 Å². The number of carbonyl (C=O) groups excluding carboxylic acids is 1. The van der Waals surface area contributed by atoms with Crippen LogP contribution in [-0.2, 0) is 20.8 Å². The minimum absolute atomic E-state index is 0.0257. The summed E-state index contributed by atoms with van der Waals surface area (Å²) in [5.74, 6) is -1.24. The average molecular weight is 312 g/mol. The van der Waals surface area contributed by atoms with E-state index in [-0.39, 0.29) is 13.2 Å². The molecule has 0 aliphatic carbocycles. The van der Waals surface area contributed by atoms with E-state index in [0.29, 0.717) is 13.0 Å². The molecule has 1 atom stereocenters. The zero-order chi connectivity index (χ0) is 16.0. The Hall–Kier alpha value is -1.70. The molecule has 0 spiro atoms. The zero-order valence-electron chi connectivity index (χ0n) is 12.8. The van der Waals surface area contributed by atoms with E-state index in [1.165, 1.54) is 19.2 Å². The van der Waals surface area contributed by atoms with E-state index in [0.717, 1.165) is 5.56 Å².